The Morgan fingerprint density at radius 1 is 1.44 bits per heavy atom. The summed E-state index contributed by atoms with van der Waals surface area (Å²) in [7, 11) is 1.78. The van der Waals surface area contributed by atoms with Crippen LogP contribution in [0.3, 0.4) is 0 Å². The average molecular weight is 285 g/mol. The van der Waals surface area contributed by atoms with Crippen LogP contribution in [0.4, 0.5) is 11.4 Å². The monoisotopic (exact) mass is 284 g/mol. The molecule has 1 saturated carbocycles. The smallest absolute Gasteiger partial charge is 0.0591 e. The highest BCUT2D eigenvalue weighted by atomic mass is 79.9. The van der Waals surface area contributed by atoms with Crippen molar-refractivity contribution in [2.24, 2.45) is 0 Å². The lowest BCUT2D eigenvalue weighted by molar-refractivity contribution is 0.108. The molecule has 1 aliphatic carbocycles. The summed E-state index contributed by atoms with van der Waals surface area (Å²) >= 11 is 3.51. The first-order valence-corrected chi connectivity index (χ1v) is 6.32. The number of benzene rings is 1. The normalized spacial score (nSPS) is 24.6. The number of methoxy groups -OCH3 is 1. The summed E-state index contributed by atoms with van der Waals surface area (Å²) in [6, 6.07) is 6.35. The van der Waals surface area contributed by atoms with Crippen molar-refractivity contribution in [2.75, 3.05) is 18.2 Å². The quantitative estimate of drug-likeness (QED) is 0.839. The number of ether oxygens (including phenoxy) is 1. The second-order valence-electron chi connectivity index (χ2n) is 4.25. The van der Waals surface area contributed by atoms with Crippen LogP contribution < -0.4 is 11.1 Å². The first kappa shape index (κ1) is 11.7. The van der Waals surface area contributed by atoms with Crippen molar-refractivity contribution in [3.8, 4) is 0 Å². The van der Waals surface area contributed by atoms with Gasteiger partial charge in [0.15, 0.2) is 0 Å². The summed E-state index contributed by atoms with van der Waals surface area (Å²) in [5.41, 5.74) is 7.59. The maximum absolute atomic E-state index is 5.70. The van der Waals surface area contributed by atoms with Crippen LogP contribution >= 0.6 is 15.9 Å². The lowest BCUT2D eigenvalue weighted by Crippen LogP contribution is -2.17. The van der Waals surface area contributed by atoms with Crippen LogP contribution in [0.1, 0.15) is 19.3 Å². The molecule has 88 valence electrons. The van der Waals surface area contributed by atoms with Crippen molar-refractivity contribution >= 4 is 27.3 Å². The highest BCUT2D eigenvalue weighted by molar-refractivity contribution is 9.10. The van der Waals surface area contributed by atoms with Crippen LogP contribution in [0.15, 0.2) is 22.7 Å². The molecule has 0 aliphatic heterocycles. The van der Waals surface area contributed by atoms with E-state index in [9.17, 15) is 0 Å². The van der Waals surface area contributed by atoms with Gasteiger partial charge in [-0.1, -0.05) is 0 Å². The maximum atomic E-state index is 5.70. The first-order chi connectivity index (χ1) is 7.69. The molecule has 0 bridgehead atoms. The predicted molar refractivity (Wildman–Crippen MR) is 70.6 cm³/mol. The van der Waals surface area contributed by atoms with Gasteiger partial charge in [-0.05, 0) is 53.4 Å². The van der Waals surface area contributed by atoms with Crippen LogP contribution in [-0.4, -0.2) is 19.3 Å². The standard InChI is InChI=1S/C12H17BrN2O/c1-16-10-4-3-9(7-10)15-12-5-2-8(14)6-11(12)13/h2,5-6,9-10,15H,3-4,7,14H2,1H3. The zero-order chi connectivity index (χ0) is 11.5. The maximum Gasteiger partial charge on any atom is 0.0591 e. The van der Waals surface area contributed by atoms with E-state index in [2.05, 4.69) is 21.2 Å². The number of nitrogens with two attached hydrogens (primary N) is 1. The molecule has 1 fully saturated rings. The molecule has 1 aromatic carbocycles. The van der Waals surface area contributed by atoms with Crippen molar-refractivity contribution in [3.05, 3.63) is 22.7 Å². The number of nitrogen functional groups attached to an aromatic ring is 1. The second-order valence-corrected chi connectivity index (χ2v) is 5.11. The molecule has 0 spiro atoms. The molecule has 0 amide bonds. The Hall–Kier alpha value is -0.740. The predicted octanol–water partition coefficient (Wildman–Crippen LogP) is 3.01. The van der Waals surface area contributed by atoms with E-state index in [1.807, 2.05) is 18.2 Å². The third-order valence-electron chi connectivity index (χ3n) is 3.07. The van der Waals surface area contributed by atoms with E-state index in [0.29, 0.717) is 12.1 Å². The van der Waals surface area contributed by atoms with E-state index in [-0.39, 0.29) is 0 Å². The fraction of sp³-hybridized carbons (Fsp3) is 0.500. The van der Waals surface area contributed by atoms with E-state index in [1.54, 1.807) is 7.11 Å². The number of halogens is 1. The number of nitrogens with one attached hydrogen (secondary N) is 1. The van der Waals surface area contributed by atoms with Crippen molar-refractivity contribution in [1.29, 1.82) is 0 Å². The molecule has 1 aromatic rings. The highest BCUT2D eigenvalue weighted by Crippen LogP contribution is 2.29. The van der Waals surface area contributed by atoms with E-state index in [4.69, 9.17) is 10.5 Å². The minimum Gasteiger partial charge on any atom is -0.399 e. The summed E-state index contributed by atoms with van der Waals surface area (Å²) in [6.07, 6.45) is 3.79. The van der Waals surface area contributed by atoms with Gasteiger partial charge in [0.25, 0.3) is 0 Å². The summed E-state index contributed by atoms with van der Waals surface area (Å²) in [5.74, 6) is 0. The summed E-state index contributed by atoms with van der Waals surface area (Å²) in [4.78, 5) is 0. The fourth-order valence-corrected chi connectivity index (χ4v) is 2.66. The zero-order valence-corrected chi connectivity index (χ0v) is 11.0. The summed E-state index contributed by atoms with van der Waals surface area (Å²) in [6.45, 7) is 0. The van der Waals surface area contributed by atoms with Crippen LogP contribution in [0, 0.1) is 0 Å². The molecule has 2 atom stereocenters. The average Bonchev–Trinajstić information content (AvgIpc) is 2.70. The van der Waals surface area contributed by atoms with Crippen LogP contribution in [-0.2, 0) is 4.74 Å². The number of hydrogen-bond acceptors (Lipinski definition) is 3. The third-order valence-corrected chi connectivity index (χ3v) is 3.73. The van der Waals surface area contributed by atoms with E-state index < -0.39 is 0 Å². The molecule has 2 rings (SSSR count). The number of anilines is 2. The van der Waals surface area contributed by atoms with Crippen molar-refractivity contribution in [2.45, 2.75) is 31.4 Å². The molecule has 16 heavy (non-hydrogen) atoms. The Kier molecular flexibility index (Phi) is 3.71. The highest BCUT2D eigenvalue weighted by Gasteiger charge is 2.24. The van der Waals surface area contributed by atoms with Gasteiger partial charge < -0.3 is 15.8 Å². The van der Waals surface area contributed by atoms with E-state index in [1.165, 1.54) is 0 Å². The second kappa shape index (κ2) is 5.06. The molecule has 3 N–H and O–H groups in total. The lowest BCUT2D eigenvalue weighted by Gasteiger charge is -2.15. The van der Waals surface area contributed by atoms with Crippen LogP contribution in [0.2, 0.25) is 0 Å². The Labute approximate surface area is 104 Å². The van der Waals surface area contributed by atoms with Gasteiger partial charge in [-0.2, -0.15) is 0 Å². The number of hydrogen-bond donors (Lipinski definition) is 2. The molecule has 0 radical (unpaired) electrons. The minimum absolute atomic E-state index is 0.407. The van der Waals surface area contributed by atoms with Gasteiger partial charge in [-0.3, -0.25) is 0 Å². The van der Waals surface area contributed by atoms with Gasteiger partial charge in [0.05, 0.1) is 6.10 Å². The molecular weight excluding hydrogens is 268 g/mol. The molecular formula is C12H17BrN2O. The molecule has 0 heterocycles. The number of rotatable bonds is 3. The molecule has 2 unspecified atom stereocenters. The van der Waals surface area contributed by atoms with E-state index in [0.717, 1.165) is 35.1 Å². The Bertz CT molecular complexity index is 370. The van der Waals surface area contributed by atoms with Crippen molar-refractivity contribution < 1.29 is 4.74 Å². The molecule has 0 aromatic heterocycles. The topological polar surface area (TPSA) is 47.3 Å². The van der Waals surface area contributed by atoms with Crippen LogP contribution in [0.5, 0.6) is 0 Å². The Morgan fingerprint density at radius 2 is 2.25 bits per heavy atom. The Balaban J connectivity index is 1.99. The van der Waals surface area contributed by atoms with Gasteiger partial charge in [0.2, 0.25) is 0 Å². The van der Waals surface area contributed by atoms with Gasteiger partial charge in [-0.25, -0.2) is 0 Å². The molecule has 4 heteroatoms. The van der Waals surface area contributed by atoms with Gasteiger partial charge in [0, 0.05) is 29.0 Å². The lowest BCUT2D eigenvalue weighted by atomic mass is 10.2. The van der Waals surface area contributed by atoms with Gasteiger partial charge >= 0.3 is 0 Å². The molecule has 3 nitrogen and oxygen atoms in total. The molecule has 1 aliphatic rings. The minimum atomic E-state index is 0.407. The van der Waals surface area contributed by atoms with Crippen molar-refractivity contribution in [1.82, 2.24) is 0 Å². The van der Waals surface area contributed by atoms with E-state index >= 15 is 0 Å². The van der Waals surface area contributed by atoms with Crippen molar-refractivity contribution in [3.63, 3.8) is 0 Å². The Morgan fingerprint density at radius 3 is 2.88 bits per heavy atom. The SMILES string of the molecule is COC1CCC(Nc2ccc(N)cc2Br)C1. The zero-order valence-electron chi connectivity index (χ0n) is 9.37. The third kappa shape index (κ3) is 2.68. The van der Waals surface area contributed by atoms with Gasteiger partial charge in [-0.15, -0.1) is 0 Å². The van der Waals surface area contributed by atoms with Crippen LogP contribution in [0.25, 0.3) is 0 Å². The fourth-order valence-electron chi connectivity index (χ4n) is 2.15. The largest absolute Gasteiger partial charge is 0.399 e. The molecule has 0 saturated heterocycles. The van der Waals surface area contributed by atoms with Gasteiger partial charge in [0.1, 0.15) is 0 Å². The summed E-state index contributed by atoms with van der Waals surface area (Å²) in [5, 5.41) is 3.52. The first-order valence-electron chi connectivity index (χ1n) is 5.53. The summed E-state index contributed by atoms with van der Waals surface area (Å²) < 4.78 is 6.38.